The molecule has 4 nitrogen and oxygen atoms in total. The Morgan fingerprint density at radius 3 is 3.00 bits per heavy atom. The molecule has 14 heavy (non-hydrogen) atoms. The molecule has 0 N–H and O–H groups in total. The molecule has 0 atom stereocenters. The summed E-state index contributed by atoms with van der Waals surface area (Å²) in [6.07, 6.45) is 3.35. The average molecular weight is 185 g/mol. The third-order valence-electron chi connectivity index (χ3n) is 2.54. The Labute approximate surface area is 80.2 Å². The topological polar surface area (TPSA) is 62.7 Å². The summed E-state index contributed by atoms with van der Waals surface area (Å²) in [6.45, 7) is 0. The highest BCUT2D eigenvalue weighted by molar-refractivity contribution is 5.67. The summed E-state index contributed by atoms with van der Waals surface area (Å²) >= 11 is 0. The molecular formula is C10H7N3O. The van der Waals surface area contributed by atoms with Gasteiger partial charge in [0.05, 0.1) is 6.07 Å². The minimum atomic E-state index is -0.458. The number of hydrogen-bond donors (Lipinski definition) is 0. The first-order valence-corrected chi connectivity index (χ1v) is 4.47. The SMILES string of the molecule is N#CC1(c2nc3ncccc3o2)CC1. The lowest BCUT2D eigenvalue weighted by molar-refractivity contribution is 0.502. The van der Waals surface area contributed by atoms with Crippen LogP contribution in [0.25, 0.3) is 11.2 Å². The van der Waals surface area contributed by atoms with Crippen LogP contribution in [-0.2, 0) is 5.41 Å². The minimum absolute atomic E-state index is 0.458. The number of aromatic nitrogens is 2. The molecule has 2 aromatic rings. The van der Waals surface area contributed by atoms with Gasteiger partial charge in [0.1, 0.15) is 5.41 Å². The highest BCUT2D eigenvalue weighted by Crippen LogP contribution is 2.47. The summed E-state index contributed by atoms with van der Waals surface area (Å²) in [5.74, 6) is 0.522. The standard InChI is InChI=1S/C10H7N3O/c11-6-10(3-4-10)9-13-8-7(14-9)2-1-5-12-8/h1-2,5H,3-4H2. The molecule has 0 aliphatic heterocycles. The number of nitrogens with zero attached hydrogens (tertiary/aromatic N) is 3. The van der Waals surface area contributed by atoms with Gasteiger partial charge in [-0.1, -0.05) is 0 Å². The monoisotopic (exact) mass is 185 g/mol. The van der Waals surface area contributed by atoms with Gasteiger partial charge in [0, 0.05) is 6.20 Å². The number of pyridine rings is 1. The van der Waals surface area contributed by atoms with Crippen molar-refractivity contribution in [2.24, 2.45) is 0 Å². The Bertz CT molecular complexity index is 501. The van der Waals surface area contributed by atoms with Gasteiger partial charge in [-0.25, -0.2) is 4.98 Å². The van der Waals surface area contributed by atoms with Gasteiger partial charge in [-0.15, -0.1) is 0 Å². The molecule has 0 amide bonds. The van der Waals surface area contributed by atoms with Crippen LogP contribution in [-0.4, -0.2) is 9.97 Å². The van der Waals surface area contributed by atoms with Gasteiger partial charge in [0.25, 0.3) is 0 Å². The molecule has 0 aromatic carbocycles. The predicted octanol–water partition coefficient (Wildman–Crippen LogP) is 1.78. The van der Waals surface area contributed by atoms with E-state index in [9.17, 15) is 0 Å². The largest absolute Gasteiger partial charge is 0.437 e. The Morgan fingerprint density at radius 1 is 1.50 bits per heavy atom. The zero-order chi connectivity index (χ0) is 9.60. The molecular weight excluding hydrogens is 178 g/mol. The first-order valence-electron chi connectivity index (χ1n) is 4.47. The van der Waals surface area contributed by atoms with E-state index in [-0.39, 0.29) is 0 Å². The molecule has 3 rings (SSSR count). The van der Waals surface area contributed by atoms with Crippen LogP contribution in [0.2, 0.25) is 0 Å². The lowest BCUT2D eigenvalue weighted by Gasteiger charge is -1.95. The molecule has 0 unspecified atom stereocenters. The molecule has 1 aliphatic carbocycles. The van der Waals surface area contributed by atoms with Gasteiger partial charge in [0.2, 0.25) is 5.89 Å². The summed E-state index contributed by atoms with van der Waals surface area (Å²) < 4.78 is 5.49. The van der Waals surface area contributed by atoms with Crippen LogP contribution in [0, 0.1) is 11.3 Å². The van der Waals surface area contributed by atoms with Crippen molar-refractivity contribution in [1.82, 2.24) is 9.97 Å². The zero-order valence-corrected chi connectivity index (χ0v) is 7.40. The maximum Gasteiger partial charge on any atom is 0.217 e. The van der Waals surface area contributed by atoms with Crippen LogP contribution >= 0.6 is 0 Å². The Morgan fingerprint density at radius 2 is 2.36 bits per heavy atom. The first-order chi connectivity index (χ1) is 6.84. The van der Waals surface area contributed by atoms with Gasteiger partial charge in [-0.3, -0.25) is 0 Å². The lowest BCUT2D eigenvalue weighted by atomic mass is 10.1. The molecule has 1 aliphatic rings. The van der Waals surface area contributed by atoms with Crippen molar-refractivity contribution in [3.63, 3.8) is 0 Å². The van der Waals surface area contributed by atoms with Crippen LogP contribution in [0.5, 0.6) is 0 Å². The fourth-order valence-corrected chi connectivity index (χ4v) is 1.47. The molecule has 2 heterocycles. The van der Waals surface area contributed by atoms with Crippen LogP contribution in [0.4, 0.5) is 0 Å². The summed E-state index contributed by atoms with van der Waals surface area (Å²) in [4.78, 5) is 8.28. The van der Waals surface area contributed by atoms with E-state index >= 15 is 0 Å². The molecule has 0 saturated heterocycles. The smallest absolute Gasteiger partial charge is 0.217 e. The predicted molar refractivity (Wildman–Crippen MR) is 48.3 cm³/mol. The fraction of sp³-hybridized carbons (Fsp3) is 0.300. The quantitative estimate of drug-likeness (QED) is 0.679. The summed E-state index contributed by atoms with van der Waals surface area (Å²) in [7, 11) is 0. The van der Waals surface area contributed by atoms with Gasteiger partial charge >= 0.3 is 0 Å². The molecule has 1 saturated carbocycles. The maximum atomic E-state index is 8.96. The van der Waals surface area contributed by atoms with Gasteiger partial charge in [0.15, 0.2) is 11.2 Å². The normalized spacial score (nSPS) is 17.9. The molecule has 68 valence electrons. The van der Waals surface area contributed by atoms with Crippen molar-refractivity contribution in [3.05, 3.63) is 24.2 Å². The van der Waals surface area contributed by atoms with Gasteiger partial charge in [-0.2, -0.15) is 10.2 Å². The van der Waals surface area contributed by atoms with Crippen molar-refractivity contribution in [1.29, 1.82) is 5.26 Å². The lowest BCUT2D eigenvalue weighted by Crippen LogP contribution is -2.02. The number of nitriles is 1. The molecule has 4 heteroatoms. The molecule has 0 spiro atoms. The van der Waals surface area contributed by atoms with E-state index in [1.807, 2.05) is 6.07 Å². The third kappa shape index (κ3) is 0.867. The Kier molecular flexibility index (Phi) is 1.25. The number of fused-ring (bicyclic) bond motifs is 1. The zero-order valence-electron chi connectivity index (χ0n) is 7.40. The van der Waals surface area contributed by atoms with Gasteiger partial charge in [-0.05, 0) is 25.0 Å². The van der Waals surface area contributed by atoms with E-state index in [0.29, 0.717) is 17.1 Å². The highest BCUT2D eigenvalue weighted by Gasteiger charge is 2.49. The highest BCUT2D eigenvalue weighted by atomic mass is 16.4. The van der Waals surface area contributed by atoms with E-state index in [1.54, 1.807) is 12.3 Å². The number of hydrogen-bond acceptors (Lipinski definition) is 4. The summed E-state index contributed by atoms with van der Waals surface area (Å²) in [5, 5.41) is 8.96. The van der Waals surface area contributed by atoms with Crippen molar-refractivity contribution in [3.8, 4) is 6.07 Å². The van der Waals surface area contributed by atoms with Crippen molar-refractivity contribution in [2.45, 2.75) is 18.3 Å². The van der Waals surface area contributed by atoms with E-state index in [4.69, 9.17) is 9.68 Å². The van der Waals surface area contributed by atoms with Crippen molar-refractivity contribution >= 4 is 11.2 Å². The molecule has 2 aromatic heterocycles. The second-order valence-corrected chi connectivity index (χ2v) is 3.54. The van der Waals surface area contributed by atoms with Crippen LogP contribution in [0.1, 0.15) is 18.7 Å². The van der Waals surface area contributed by atoms with Crippen LogP contribution < -0.4 is 0 Å². The van der Waals surface area contributed by atoms with E-state index in [1.165, 1.54) is 0 Å². The first kappa shape index (κ1) is 7.51. The number of rotatable bonds is 1. The van der Waals surface area contributed by atoms with Gasteiger partial charge < -0.3 is 4.42 Å². The molecule has 0 radical (unpaired) electrons. The second-order valence-electron chi connectivity index (χ2n) is 3.54. The van der Waals surface area contributed by atoms with Crippen molar-refractivity contribution in [2.75, 3.05) is 0 Å². The second kappa shape index (κ2) is 2.32. The Balaban J connectivity index is 2.21. The van der Waals surface area contributed by atoms with E-state index in [0.717, 1.165) is 12.8 Å². The minimum Gasteiger partial charge on any atom is -0.437 e. The summed E-state index contributed by atoms with van der Waals surface area (Å²) in [5.41, 5.74) is 0.786. The van der Waals surface area contributed by atoms with E-state index in [2.05, 4.69) is 16.0 Å². The molecule has 1 fully saturated rings. The number of oxazole rings is 1. The van der Waals surface area contributed by atoms with Crippen LogP contribution in [0.15, 0.2) is 22.7 Å². The van der Waals surface area contributed by atoms with Crippen LogP contribution in [0.3, 0.4) is 0 Å². The fourth-order valence-electron chi connectivity index (χ4n) is 1.47. The van der Waals surface area contributed by atoms with Crippen molar-refractivity contribution < 1.29 is 4.42 Å². The third-order valence-corrected chi connectivity index (χ3v) is 2.54. The average Bonchev–Trinajstić information content (AvgIpc) is 2.91. The summed E-state index contributed by atoms with van der Waals surface area (Å²) in [6, 6.07) is 5.85. The maximum absolute atomic E-state index is 8.96. The molecule has 0 bridgehead atoms. The van der Waals surface area contributed by atoms with E-state index < -0.39 is 5.41 Å². The Hall–Kier alpha value is -1.89.